The number of anilines is 2. The number of ketones is 1. The first kappa shape index (κ1) is 14.9. The summed E-state index contributed by atoms with van der Waals surface area (Å²) in [6.07, 6.45) is 0. The maximum Gasteiger partial charge on any atom is 0.258 e. The number of benzene rings is 2. The first-order chi connectivity index (χ1) is 11.4. The van der Waals surface area contributed by atoms with E-state index in [0.717, 1.165) is 33.3 Å². The zero-order chi connectivity index (χ0) is 17.2. The molecule has 2 N–H and O–H groups in total. The molecule has 0 radical (unpaired) electrons. The third-order valence-corrected chi connectivity index (χ3v) is 5.31. The van der Waals surface area contributed by atoms with Crippen molar-refractivity contribution in [2.75, 3.05) is 10.6 Å². The van der Waals surface area contributed by atoms with Gasteiger partial charge < -0.3 is 10.6 Å². The molecule has 0 aliphatic carbocycles. The van der Waals surface area contributed by atoms with Crippen molar-refractivity contribution in [3.05, 3.63) is 41.1 Å². The van der Waals surface area contributed by atoms with Gasteiger partial charge in [-0.2, -0.15) is 0 Å². The van der Waals surface area contributed by atoms with E-state index in [1.165, 1.54) is 5.46 Å². The Labute approximate surface area is 143 Å². The molecule has 0 atom stereocenters. The molecule has 8 heteroatoms. The normalized spacial score (nSPS) is 18.2. The molecule has 2 aromatic carbocycles. The van der Waals surface area contributed by atoms with E-state index in [0.29, 0.717) is 16.8 Å². The fraction of sp³-hybridized carbons (Fsp3) is 0. The Kier molecular flexibility index (Phi) is 3.07. The predicted molar refractivity (Wildman–Crippen MR) is 109 cm³/mol. The third kappa shape index (κ3) is 1.80. The highest BCUT2D eigenvalue weighted by molar-refractivity contribution is 6.66. The van der Waals surface area contributed by atoms with Gasteiger partial charge in [0.1, 0.15) is 37.1 Å². The molecule has 2 aromatic rings. The van der Waals surface area contributed by atoms with Crippen LogP contribution in [0.1, 0.15) is 15.9 Å². The Morgan fingerprint density at radius 1 is 0.792 bits per heavy atom. The fourth-order valence-electron chi connectivity index (χ4n) is 3.60. The maximum absolute atomic E-state index is 12.8. The quantitative estimate of drug-likeness (QED) is 0.382. The van der Waals surface area contributed by atoms with E-state index in [4.69, 9.17) is 0 Å². The number of rotatable bonds is 0. The van der Waals surface area contributed by atoms with Gasteiger partial charge in [0.15, 0.2) is 0 Å². The van der Waals surface area contributed by atoms with Gasteiger partial charge in [0.05, 0.1) is 5.57 Å². The lowest BCUT2D eigenvalue weighted by Gasteiger charge is -2.16. The minimum Gasteiger partial charge on any atom is -0.351 e. The largest absolute Gasteiger partial charge is 0.351 e. The van der Waals surface area contributed by atoms with Crippen LogP contribution >= 0.6 is 0 Å². The second kappa shape index (κ2) is 4.94. The molecule has 0 bridgehead atoms. The number of carbonyl (C=O) groups excluding carboxylic acids is 2. The van der Waals surface area contributed by atoms with Gasteiger partial charge in [0, 0.05) is 22.5 Å². The number of amides is 1. The molecule has 4 rings (SSSR count). The Morgan fingerprint density at radius 2 is 1.46 bits per heavy atom. The van der Waals surface area contributed by atoms with Gasteiger partial charge in [0.25, 0.3) is 5.91 Å². The van der Waals surface area contributed by atoms with Crippen molar-refractivity contribution < 1.29 is 9.59 Å². The molecule has 0 aromatic heterocycles. The van der Waals surface area contributed by atoms with Crippen molar-refractivity contribution in [1.29, 1.82) is 0 Å². The van der Waals surface area contributed by atoms with Crippen molar-refractivity contribution in [3.8, 4) is 0 Å². The highest BCUT2D eigenvalue weighted by Crippen LogP contribution is 2.36. The molecule has 24 heavy (non-hydrogen) atoms. The van der Waals surface area contributed by atoms with E-state index < -0.39 is 0 Å². The first-order valence-electron chi connectivity index (χ1n) is 7.99. The number of Topliss-reactive ketones (excluding diaryl/α,β-unsaturated/α-hetero) is 1. The van der Waals surface area contributed by atoms with Gasteiger partial charge in [-0.05, 0) is 12.1 Å². The van der Waals surface area contributed by atoms with Crippen LogP contribution in [0, 0.1) is 0 Å². The summed E-state index contributed by atoms with van der Waals surface area (Å²) < 4.78 is 0. The summed E-state index contributed by atoms with van der Waals surface area (Å²) in [6, 6.07) is 7.34. The SMILES string of the molecule is Bc1c(B)c(B)c2c(c1B)NC(=O)/C2=C1\Nc2ccccc2C1=O. The number of para-hydroxylation sites is 1. The lowest BCUT2D eigenvalue weighted by Crippen LogP contribution is -2.49. The number of hydrogen-bond donors (Lipinski definition) is 2. The van der Waals surface area contributed by atoms with Gasteiger partial charge in [-0.15, -0.1) is 5.46 Å². The van der Waals surface area contributed by atoms with Crippen molar-refractivity contribution in [3.63, 3.8) is 0 Å². The molecule has 2 aliphatic rings. The molecular formula is C16H14B4N2O2. The van der Waals surface area contributed by atoms with E-state index in [1.807, 2.05) is 33.9 Å². The first-order valence-corrected chi connectivity index (χ1v) is 7.99. The Hall–Kier alpha value is -2.62. The summed E-state index contributed by atoms with van der Waals surface area (Å²) in [5, 5.41) is 6.11. The minimum absolute atomic E-state index is 0.126. The summed E-state index contributed by atoms with van der Waals surface area (Å²) in [7, 11) is 8.13. The van der Waals surface area contributed by atoms with Crippen LogP contribution in [-0.2, 0) is 4.79 Å². The van der Waals surface area contributed by atoms with Crippen LogP contribution in [0.25, 0.3) is 5.57 Å². The fourth-order valence-corrected chi connectivity index (χ4v) is 3.60. The van der Waals surface area contributed by atoms with Crippen molar-refractivity contribution in [1.82, 2.24) is 0 Å². The zero-order valence-electron chi connectivity index (χ0n) is 14.1. The van der Waals surface area contributed by atoms with E-state index >= 15 is 0 Å². The van der Waals surface area contributed by atoms with Crippen LogP contribution in [0.3, 0.4) is 0 Å². The molecular weight excluding hydrogens is 295 g/mol. The molecule has 1 amide bonds. The summed E-state index contributed by atoms with van der Waals surface area (Å²) in [5.41, 5.74) is 8.30. The van der Waals surface area contributed by atoms with Gasteiger partial charge in [-0.25, -0.2) is 0 Å². The topological polar surface area (TPSA) is 58.2 Å². The standard InChI is InChI=1S/C16H14B4N2O2/c17-9-7-8(14-15(23)5-3-1-2-4-6(5)21-14)16(24)22-13(7)12(20)11(19)10(9)18/h1-4,21H,17-20H2,(H,22,24)/b14-8-. The van der Waals surface area contributed by atoms with Gasteiger partial charge in [0.2, 0.25) is 5.78 Å². The zero-order valence-corrected chi connectivity index (χ0v) is 14.1. The lowest BCUT2D eigenvalue weighted by molar-refractivity contribution is -0.110. The van der Waals surface area contributed by atoms with Gasteiger partial charge in [-0.1, -0.05) is 28.5 Å². The molecule has 0 spiro atoms. The molecule has 112 valence electrons. The smallest absolute Gasteiger partial charge is 0.258 e. The van der Waals surface area contributed by atoms with Crippen LogP contribution in [0.5, 0.6) is 0 Å². The highest BCUT2D eigenvalue weighted by atomic mass is 16.2. The highest BCUT2D eigenvalue weighted by Gasteiger charge is 2.36. The molecule has 4 nitrogen and oxygen atoms in total. The van der Waals surface area contributed by atoms with Crippen LogP contribution in [0.2, 0.25) is 0 Å². The second-order valence-electron chi connectivity index (χ2n) is 6.45. The number of hydrogen-bond acceptors (Lipinski definition) is 3. The van der Waals surface area contributed by atoms with Crippen LogP contribution < -0.4 is 32.5 Å². The number of fused-ring (bicyclic) bond motifs is 2. The minimum atomic E-state index is -0.218. The van der Waals surface area contributed by atoms with Crippen molar-refractivity contribution >= 4 is 81.9 Å². The van der Waals surface area contributed by atoms with E-state index in [2.05, 4.69) is 26.3 Å². The molecule has 2 heterocycles. The summed E-state index contributed by atoms with van der Waals surface area (Å²) in [4.78, 5) is 25.5. The summed E-state index contributed by atoms with van der Waals surface area (Å²) in [5.74, 6) is -0.344. The van der Waals surface area contributed by atoms with E-state index in [-0.39, 0.29) is 11.7 Å². The van der Waals surface area contributed by atoms with E-state index in [1.54, 1.807) is 6.07 Å². The van der Waals surface area contributed by atoms with Gasteiger partial charge >= 0.3 is 0 Å². The van der Waals surface area contributed by atoms with E-state index in [9.17, 15) is 9.59 Å². The number of carbonyl (C=O) groups is 2. The Morgan fingerprint density at radius 3 is 2.17 bits per heavy atom. The van der Waals surface area contributed by atoms with Crippen LogP contribution in [0.4, 0.5) is 11.4 Å². The van der Waals surface area contributed by atoms with Gasteiger partial charge in [-0.3, -0.25) is 9.59 Å². The lowest BCUT2D eigenvalue weighted by atomic mass is 9.64. The Balaban J connectivity index is 2.02. The average Bonchev–Trinajstić information content (AvgIpc) is 3.09. The third-order valence-electron chi connectivity index (χ3n) is 5.31. The summed E-state index contributed by atoms with van der Waals surface area (Å²) in [6.45, 7) is 0. The second-order valence-corrected chi connectivity index (χ2v) is 6.45. The average molecular weight is 310 g/mol. The number of allylic oxidation sites excluding steroid dienone is 1. The molecule has 0 saturated heterocycles. The predicted octanol–water partition coefficient (Wildman–Crippen LogP) is -4.31. The monoisotopic (exact) mass is 310 g/mol. The van der Waals surface area contributed by atoms with Crippen molar-refractivity contribution in [2.45, 2.75) is 0 Å². The maximum atomic E-state index is 12.8. The van der Waals surface area contributed by atoms with Crippen LogP contribution in [-0.4, -0.2) is 43.1 Å². The molecule has 0 saturated carbocycles. The molecule has 0 fully saturated rings. The molecule has 0 unspecified atom stereocenters. The van der Waals surface area contributed by atoms with Crippen LogP contribution in [0.15, 0.2) is 30.0 Å². The molecule has 2 aliphatic heterocycles. The van der Waals surface area contributed by atoms with Crippen molar-refractivity contribution in [2.24, 2.45) is 0 Å². The Bertz CT molecular complexity index is 998. The summed E-state index contributed by atoms with van der Waals surface area (Å²) >= 11 is 0. The number of nitrogens with one attached hydrogen (secondary N) is 2.